The highest BCUT2D eigenvalue weighted by molar-refractivity contribution is 7.80. The maximum absolute atomic E-state index is 13.1. The molecule has 0 spiro atoms. The number of hydrogen-bond donors (Lipinski definition) is 7. The van der Waals surface area contributed by atoms with Crippen LogP contribution >= 0.6 is 0 Å². The van der Waals surface area contributed by atoms with Gasteiger partial charge in [-0.1, -0.05) is 152 Å². The molecule has 14 heteroatoms. The van der Waals surface area contributed by atoms with Crippen LogP contribution < -0.4 is 5.32 Å². The van der Waals surface area contributed by atoms with Crippen LogP contribution in [0.5, 0.6) is 0 Å². The smallest absolute Gasteiger partial charge is 0.394 e. The molecular formula is C45H81NO12S. The van der Waals surface area contributed by atoms with Crippen molar-refractivity contribution >= 4 is 16.3 Å². The van der Waals surface area contributed by atoms with Crippen molar-refractivity contribution in [3.63, 3.8) is 0 Å². The third-order valence-corrected chi connectivity index (χ3v) is 10.9. The van der Waals surface area contributed by atoms with Gasteiger partial charge in [-0.3, -0.25) is 9.35 Å². The molecule has 1 saturated heterocycles. The maximum Gasteiger partial charge on any atom is 0.397 e. The van der Waals surface area contributed by atoms with Crippen molar-refractivity contribution in [3.05, 3.63) is 48.6 Å². The van der Waals surface area contributed by atoms with E-state index < -0.39 is 78.5 Å². The lowest BCUT2D eigenvalue weighted by Crippen LogP contribution is -2.61. The highest BCUT2D eigenvalue weighted by atomic mass is 32.3. The van der Waals surface area contributed by atoms with Crippen LogP contribution in [0.1, 0.15) is 168 Å². The summed E-state index contributed by atoms with van der Waals surface area (Å²) >= 11 is 0. The van der Waals surface area contributed by atoms with Crippen LogP contribution in [0, 0.1) is 0 Å². The molecule has 8 atom stereocenters. The van der Waals surface area contributed by atoms with Gasteiger partial charge in [-0.25, -0.2) is 4.18 Å². The second-order valence-corrected chi connectivity index (χ2v) is 16.8. The molecule has 59 heavy (non-hydrogen) atoms. The van der Waals surface area contributed by atoms with E-state index in [9.17, 15) is 38.7 Å². The summed E-state index contributed by atoms with van der Waals surface area (Å²) in [7, 11) is -5.12. The van der Waals surface area contributed by atoms with Crippen LogP contribution in [-0.2, 0) is 28.9 Å². The number of aliphatic hydroxyl groups excluding tert-OH is 5. The standard InChI is InChI=1S/C45H81NO12S/c1-3-5-7-9-11-13-15-17-19-20-22-24-26-28-30-32-34-39(49)44(52)46-37(36-56-45-42(51)43(58-59(53,54)55)41(50)40(35-47)57-45)38(48)33-31-29-27-25-23-21-18-16-14-12-10-8-6-4-2/h11,13,17,19,23,25,31,33,37-43,45,47-51H,3-10,12,14-16,18,20-22,24,26-30,32,34-36H2,1-2H3,(H,46,52)(H,53,54,55)/b13-11-,19-17-,25-23+,33-31+. The molecule has 7 N–H and O–H groups in total. The minimum atomic E-state index is -5.12. The zero-order chi connectivity index (χ0) is 43.6. The fraction of sp³-hybridized carbons (Fsp3) is 0.800. The number of ether oxygens (including phenoxy) is 2. The Balaban J connectivity index is 2.64. The van der Waals surface area contributed by atoms with Crippen LogP contribution in [0.25, 0.3) is 0 Å². The van der Waals surface area contributed by atoms with Crippen molar-refractivity contribution < 1.29 is 57.0 Å². The van der Waals surface area contributed by atoms with Crippen molar-refractivity contribution in [2.24, 2.45) is 0 Å². The second kappa shape index (κ2) is 35.6. The zero-order valence-electron chi connectivity index (χ0n) is 36.2. The first-order chi connectivity index (χ1) is 28.4. The van der Waals surface area contributed by atoms with Crippen molar-refractivity contribution in [2.45, 2.75) is 217 Å². The lowest BCUT2D eigenvalue weighted by atomic mass is 9.99. The number of carbonyl (C=O) groups excluding carboxylic acids is 1. The van der Waals surface area contributed by atoms with Gasteiger partial charge in [0.1, 0.15) is 30.5 Å². The number of hydrogen-bond acceptors (Lipinski definition) is 11. The quantitative estimate of drug-likeness (QED) is 0.0184. The molecule has 1 fully saturated rings. The van der Waals surface area contributed by atoms with Gasteiger partial charge < -0.3 is 40.3 Å². The van der Waals surface area contributed by atoms with Gasteiger partial charge in [0.25, 0.3) is 0 Å². The third kappa shape index (κ3) is 28.3. The Labute approximate surface area is 356 Å². The van der Waals surface area contributed by atoms with E-state index in [2.05, 4.69) is 59.8 Å². The Bertz CT molecular complexity index is 1260. The number of nitrogens with one attached hydrogen (secondary N) is 1. The first kappa shape index (κ1) is 55.0. The molecule has 1 heterocycles. The lowest BCUT2D eigenvalue weighted by molar-refractivity contribution is -0.298. The van der Waals surface area contributed by atoms with Crippen molar-refractivity contribution in [1.29, 1.82) is 0 Å². The summed E-state index contributed by atoms with van der Waals surface area (Å²) in [4.78, 5) is 13.1. The number of rotatable bonds is 37. The predicted molar refractivity (Wildman–Crippen MR) is 233 cm³/mol. The summed E-state index contributed by atoms with van der Waals surface area (Å²) < 4.78 is 47.4. The molecule has 1 aliphatic rings. The summed E-state index contributed by atoms with van der Waals surface area (Å²) in [6, 6.07) is -1.14. The van der Waals surface area contributed by atoms with Gasteiger partial charge in [-0.15, -0.1) is 0 Å². The van der Waals surface area contributed by atoms with Crippen LogP contribution in [0.4, 0.5) is 0 Å². The Morgan fingerprint density at radius 1 is 0.695 bits per heavy atom. The molecule has 0 radical (unpaired) electrons. The summed E-state index contributed by atoms with van der Waals surface area (Å²) in [5.41, 5.74) is 0. The lowest BCUT2D eigenvalue weighted by Gasteiger charge is -2.41. The first-order valence-electron chi connectivity index (χ1n) is 22.6. The minimum absolute atomic E-state index is 0.223. The summed E-state index contributed by atoms with van der Waals surface area (Å²) in [6.45, 7) is 3.14. The van der Waals surface area contributed by atoms with E-state index in [-0.39, 0.29) is 6.42 Å². The molecule has 0 aromatic heterocycles. The highest BCUT2D eigenvalue weighted by Gasteiger charge is 2.48. The van der Waals surface area contributed by atoms with E-state index >= 15 is 0 Å². The van der Waals surface area contributed by atoms with E-state index in [4.69, 9.17) is 14.0 Å². The molecule has 0 saturated carbocycles. The van der Waals surface area contributed by atoms with E-state index in [1.54, 1.807) is 6.08 Å². The van der Waals surface area contributed by atoms with E-state index in [1.165, 1.54) is 70.3 Å². The highest BCUT2D eigenvalue weighted by Crippen LogP contribution is 2.26. The van der Waals surface area contributed by atoms with Crippen LogP contribution in [-0.4, -0.2) is 107 Å². The van der Waals surface area contributed by atoms with Gasteiger partial charge in [-0.2, -0.15) is 8.42 Å². The molecule has 0 aliphatic carbocycles. The molecule has 0 aromatic carbocycles. The van der Waals surface area contributed by atoms with E-state index in [0.717, 1.165) is 70.6 Å². The minimum Gasteiger partial charge on any atom is -0.394 e. The SMILES string of the molecule is CCCCC/C=C\C/C=C\CCCCCCCCC(O)C(=O)NC(COC1OC(CO)C(O)C(OS(=O)(=O)O)C1O)C(O)/C=C/CC/C=C/CCCCCCCCCC. The Kier molecular flexibility index (Phi) is 33.2. The number of allylic oxidation sites excluding steroid dienone is 7. The summed E-state index contributed by atoms with van der Waals surface area (Å²) in [5.74, 6) is -0.723. The monoisotopic (exact) mass is 860 g/mol. The van der Waals surface area contributed by atoms with Gasteiger partial charge in [-0.05, 0) is 64.2 Å². The number of unbranched alkanes of at least 4 members (excludes halogenated alkanes) is 18. The largest absolute Gasteiger partial charge is 0.397 e. The number of amides is 1. The number of carbonyl (C=O) groups is 1. The molecule has 0 bridgehead atoms. The molecular weight excluding hydrogens is 779 g/mol. The van der Waals surface area contributed by atoms with Gasteiger partial charge in [0, 0.05) is 0 Å². The molecule has 8 unspecified atom stereocenters. The Morgan fingerprint density at radius 2 is 1.19 bits per heavy atom. The van der Waals surface area contributed by atoms with Gasteiger partial charge in [0.2, 0.25) is 5.91 Å². The average Bonchev–Trinajstić information content (AvgIpc) is 3.20. The molecule has 0 aromatic rings. The van der Waals surface area contributed by atoms with Crippen LogP contribution in [0.2, 0.25) is 0 Å². The first-order valence-corrected chi connectivity index (χ1v) is 24.0. The van der Waals surface area contributed by atoms with E-state index in [0.29, 0.717) is 12.8 Å². The maximum atomic E-state index is 13.1. The fourth-order valence-corrected chi connectivity index (χ4v) is 7.31. The van der Waals surface area contributed by atoms with Crippen molar-refractivity contribution in [1.82, 2.24) is 5.32 Å². The Morgan fingerprint density at radius 3 is 1.76 bits per heavy atom. The second-order valence-electron chi connectivity index (χ2n) is 15.8. The molecule has 1 aliphatic heterocycles. The van der Waals surface area contributed by atoms with Gasteiger partial charge >= 0.3 is 10.4 Å². The van der Waals surface area contributed by atoms with Crippen molar-refractivity contribution in [3.8, 4) is 0 Å². The van der Waals surface area contributed by atoms with Crippen LogP contribution in [0.15, 0.2) is 48.6 Å². The topological polar surface area (TPSA) is 212 Å². The zero-order valence-corrected chi connectivity index (χ0v) is 37.0. The van der Waals surface area contributed by atoms with Crippen LogP contribution in [0.3, 0.4) is 0 Å². The van der Waals surface area contributed by atoms with Gasteiger partial charge in [0.15, 0.2) is 6.29 Å². The Hall–Kier alpha value is -1.98. The average molecular weight is 860 g/mol. The van der Waals surface area contributed by atoms with Crippen molar-refractivity contribution in [2.75, 3.05) is 13.2 Å². The predicted octanol–water partition coefficient (Wildman–Crippen LogP) is 7.46. The molecule has 1 rings (SSSR count). The summed E-state index contributed by atoms with van der Waals surface area (Å²) in [5, 5.41) is 55.1. The molecule has 1 amide bonds. The fourth-order valence-electron chi connectivity index (χ4n) is 6.80. The number of aliphatic hydroxyl groups is 5. The molecule has 13 nitrogen and oxygen atoms in total. The summed E-state index contributed by atoms with van der Waals surface area (Å²) in [6.07, 6.45) is 30.5. The third-order valence-electron chi connectivity index (χ3n) is 10.4. The van der Waals surface area contributed by atoms with Gasteiger partial charge in [0.05, 0.1) is 25.4 Å². The van der Waals surface area contributed by atoms with E-state index in [1.807, 2.05) is 0 Å². The normalized spacial score (nSPS) is 21.9. The molecule has 344 valence electrons.